The molecule has 0 amide bonds. The Hall–Kier alpha value is -2.94. The van der Waals surface area contributed by atoms with Gasteiger partial charge in [-0.25, -0.2) is 8.42 Å². The van der Waals surface area contributed by atoms with Gasteiger partial charge in [-0.1, -0.05) is 0 Å². The smallest absolute Gasteiger partial charge is 0.485 e. The normalized spacial score (nSPS) is 11.2. The van der Waals surface area contributed by atoms with Crippen LogP contribution in [0.5, 0.6) is 0 Å². The van der Waals surface area contributed by atoms with Gasteiger partial charge in [0.25, 0.3) is 0 Å². The first-order valence-corrected chi connectivity index (χ1v) is 6.45. The van der Waals surface area contributed by atoms with E-state index in [1.807, 2.05) is 6.07 Å². The minimum atomic E-state index is -6.09. The summed E-state index contributed by atoms with van der Waals surface area (Å²) in [6.45, 7) is 0. The zero-order valence-electron chi connectivity index (χ0n) is 10.4. The van der Waals surface area contributed by atoms with Crippen LogP contribution in [-0.2, 0) is 10.1 Å². The average Bonchev–Trinajstić information content (AvgIpc) is 2.43. The van der Waals surface area contributed by atoms with Crippen LogP contribution in [0.2, 0.25) is 0 Å². The van der Waals surface area contributed by atoms with Crippen molar-refractivity contribution >= 4 is 21.4 Å². The molecule has 0 spiro atoms. The monoisotopic (exact) mass is 330 g/mol. The molecule has 114 valence electrons. The average molecular weight is 330 g/mol. The summed E-state index contributed by atoms with van der Waals surface area (Å²) in [6, 6.07) is 10.0. The van der Waals surface area contributed by atoms with Crippen LogP contribution in [0, 0.1) is 28.1 Å². The highest BCUT2D eigenvalue weighted by Gasteiger charge is 2.36. The van der Waals surface area contributed by atoms with Gasteiger partial charge >= 0.3 is 11.2 Å². The van der Waals surface area contributed by atoms with Gasteiger partial charge in [0.15, 0.2) is 15.1 Å². The van der Waals surface area contributed by atoms with Gasteiger partial charge in [0, 0.05) is 18.2 Å². The third-order valence-electron chi connectivity index (χ3n) is 1.91. The van der Waals surface area contributed by atoms with Crippen LogP contribution in [0.3, 0.4) is 0 Å². The summed E-state index contributed by atoms with van der Waals surface area (Å²) < 4.78 is 58.9. The Bertz CT molecular complexity index is 778. The molecule has 0 heterocycles. The number of halogens is 3. The maximum atomic E-state index is 10.7. The third kappa shape index (κ3) is 6.01. The highest BCUT2D eigenvalue weighted by molar-refractivity contribution is 7.86. The number of alkyl halides is 3. The summed E-state index contributed by atoms with van der Waals surface area (Å²) in [5.74, 6) is 0. The Morgan fingerprint density at radius 3 is 1.95 bits per heavy atom. The van der Waals surface area contributed by atoms with Gasteiger partial charge in [-0.3, -0.25) is 0 Å². The molecule has 0 radical (unpaired) electrons. The molecule has 1 aromatic carbocycles. The van der Waals surface area contributed by atoms with Gasteiger partial charge in [0.05, 0.1) is 11.6 Å². The fourth-order valence-corrected chi connectivity index (χ4v) is 0.952. The minimum Gasteiger partial charge on any atom is -0.741 e. The van der Waals surface area contributed by atoms with Crippen LogP contribution in [0.1, 0.15) is 5.56 Å². The predicted molar refractivity (Wildman–Crippen MR) is 66.1 cm³/mol. The molecule has 0 saturated carbocycles. The molecule has 1 rings (SSSR count). The molecule has 7 nitrogen and oxygen atoms in total. The molecule has 0 aliphatic carbocycles. The molecular formula is C11H5F3N4O3S. The molecule has 0 bridgehead atoms. The second-order valence-electron chi connectivity index (χ2n) is 3.35. The van der Waals surface area contributed by atoms with E-state index in [4.69, 9.17) is 28.9 Å². The summed E-state index contributed by atoms with van der Waals surface area (Å²) in [5, 5.41) is 25.5. The Labute approximate surface area is 122 Å². The van der Waals surface area contributed by atoms with Gasteiger partial charge in [-0.05, 0) is 17.7 Å². The van der Waals surface area contributed by atoms with E-state index in [1.165, 1.54) is 6.08 Å². The predicted octanol–water partition coefficient (Wildman–Crippen LogP) is 2.65. The van der Waals surface area contributed by atoms with Crippen molar-refractivity contribution in [3.63, 3.8) is 0 Å². The minimum absolute atomic E-state index is 0.289. The molecule has 22 heavy (non-hydrogen) atoms. The maximum Gasteiger partial charge on any atom is 0.485 e. The van der Waals surface area contributed by atoms with Crippen molar-refractivity contribution < 1.29 is 26.1 Å². The molecule has 0 saturated heterocycles. The maximum absolute atomic E-state index is 10.7. The third-order valence-corrected chi connectivity index (χ3v) is 2.47. The van der Waals surface area contributed by atoms with E-state index in [2.05, 4.69) is 4.98 Å². The van der Waals surface area contributed by atoms with Crippen LogP contribution >= 0.6 is 0 Å². The lowest BCUT2D eigenvalue weighted by Crippen LogP contribution is -2.21. The van der Waals surface area contributed by atoms with E-state index in [9.17, 15) is 13.2 Å². The Balaban J connectivity index is 0.000000472. The molecule has 11 heteroatoms. The fraction of sp³-hybridized carbons (Fsp3) is 0.0909. The highest BCUT2D eigenvalue weighted by Crippen LogP contribution is 2.20. The second-order valence-corrected chi connectivity index (χ2v) is 4.72. The van der Waals surface area contributed by atoms with Crippen molar-refractivity contribution in [1.29, 1.82) is 15.9 Å². The lowest BCUT2D eigenvalue weighted by molar-refractivity contribution is -0.0517. The molecule has 0 aromatic heterocycles. The second kappa shape index (κ2) is 7.74. The van der Waals surface area contributed by atoms with E-state index < -0.39 is 15.6 Å². The van der Waals surface area contributed by atoms with Gasteiger partial charge in [0.1, 0.15) is 6.07 Å². The summed E-state index contributed by atoms with van der Waals surface area (Å²) in [5.41, 5.74) is -4.33. The Kier molecular flexibility index (Phi) is 6.71. The van der Waals surface area contributed by atoms with Crippen LogP contribution in [0.4, 0.5) is 18.9 Å². The largest absolute Gasteiger partial charge is 0.741 e. The van der Waals surface area contributed by atoms with Gasteiger partial charge in [-0.2, -0.15) is 23.7 Å². The van der Waals surface area contributed by atoms with Gasteiger partial charge in [-0.15, -0.1) is 0 Å². The van der Waals surface area contributed by atoms with Crippen molar-refractivity contribution in [3.8, 4) is 12.1 Å². The Morgan fingerprint density at radius 1 is 1.23 bits per heavy atom. The molecule has 0 fully saturated rings. The van der Waals surface area contributed by atoms with E-state index in [1.54, 1.807) is 30.3 Å². The van der Waals surface area contributed by atoms with E-state index >= 15 is 0 Å². The quantitative estimate of drug-likeness (QED) is 0.336. The number of allylic oxidation sites excluding steroid dienone is 2. The van der Waals surface area contributed by atoms with Crippen molar-refractivity contribution in [2.45, 2.75) is 5.51 Å². The van der Waals surface area contributed by atoms with Crippen LogP contribution < -0.4 is 0 Å². The van der Waals surface area contributed by atoms with Crippen molar-refractivity contribution in [3.05, 3.63) is 40.9 Å². The highest BCUT2D eigenvalue weighted by atomic mass is 32.2. The van der Waals surface area contributed by atoms with Crippen molar-refractivity contribution in [2.75, 3.05) is 0 Å². The SMILES string of the molecule is N#CC=C(C#N)c1ccc([N+]#N)cc1.O=S(=O)([O-])C(F)(F)F. The molecule has 0 aliphatic heterocycles. The van der Waals surface area contributed by atoms with Crippen molar-refractivity contribution in [1.82, 2.24) is 0 Å². The van der Waals surface area contributed by atoms with E-state index in [-0.39, 0.29) is 5.57 Å². The number of benzene rings is 1. The molecule has 0 atom stereocenters. The zero-order valence-corrected chi connectivity index (χ0v) is 11.3. The summed E-state index contributed by atoms with van der Waals surface area (Å²) in [7, 11) is -6.09. The molecule has 1 aromatic rings. The summed E-state index contributed by atoms with van der Waals surface area (Å²) in [4.78, 5) is 2.98. The summed E-state index contributed by atoms with van der Waals surface area (Å²) in [6.07, 6.45) is 1.17. The fourth-order valence-electron chi connectivity index (χ4n) is 0.952. The first kappa shape index (κ1) is 19.1. The number of rotatable bonds is 1. The molecule has 0 N–H and O–H groups in total. The standard InChI is InChI=1S/C10H5N4.CHF3O3S/c11-6-5-9(7-12)8-1-3-10(14-13)4-2-8;2-1(3,4)8(5,6)7/h1-5H;(H,5,6,7)/q+1;/p-1. The van der Waals surface area contributed by atoms with Gasteiger partial charge < -0.3 is 4.55 Å². The molecule has 0 aliphatic rings. The summed E-state index contributed by atoms with van der Waals surface area (Å²) >= 11 is 0. The topological polar surface area (TPSA) is 133 Å². The van der Waals surface area contributed by atoms with Gasteiger partial charge in [0.2, 0.25) is 5.39 Å². The van der Waals surface area contributed by atoms with Crippen molar-refractivity contribution in [2.24, 2.45) is 0 Å². The Morgan fingerprint density at radius 2 is 1.68 bits per heavy atom. The number of diazo groups is 1. The molecule has 0 unspecified atom stereocenters. The number of nitrogens with zero attached hydrogens (tertiary/aromatic N) is 4. The lowest BCUT2D eigenvalue weighted by atomic mass is 10.1. The number of hydrogen-bond donors (Lipinski definition) is 0. The molecular weight excluding hydrogens is 325 g/mol. The van der Waals surface area contributed by atoms with E-state index in [0.717, 1.165) is 0 Å². The first-order chi connectivity index (χ1) is 10.1. The lowest BCUT2D eigenvalue weighted by Gasteiger charge is -2.08. The number of hydrogen-bond acceptors (Lipinski definition) is 6. The number of nitriles is 2. The van der Waals surface area contributed by atoms with Crippen LogP contribution in [-0.4, -0.2) is 18.5 Å². The van der Waals surface area contributed by atoms with E-state index in [0.29, 0.717) is 11.3 Å². The van der Waals surface area contributed by atoms with Crippen LogP contribution in [0.15, 0.2) is 30.3 Å². The van der Waals surface area contributed by atoms with Crippen LogP contribution in [0.25, 0.3) is 10.5 Å². The zero-order chi connectivity index (χ0) is 17.4. The first-order valence-electron chi connectivity index (χ1n) is 5.04.